The lowest BCUT2D eigenvalue weighted by Crippen LogP contribution is -2.21. The highest BCUT2D eigenvalue weighted by Gasteiger charge is 1.98. The summed E-state index contributed by atoms with van der Waals surface area (Å²) in [6, 6.07) is 9.38. The highest BCUT2D eigenvalue weighted by Crippen LogP contribution is 2.20. The fourth-order valence-electron chi connectivity index (χ4n) is 1.31. The molecule has 0 aliphatic heterocycles. The molecule has 0 bridgehead atoms. The SMILES string of the molecule is CSCCSc1cccc(CNC(C)C)c1. The average Bonchev–Trinajstić information content (AvgIpc) is 2.27. The van der Waals surface area contributed by atoms with E-state index in [1.165, 1.54) is 22.0 Å². The Bertz CT molecular complexity index is 300. The van der Waals surface area contributed by atoms with Crippen molar-refractivity contribution in [2.75, 3.05) is 17.8 Å². The quantitative estimate of drug-likeness (QED) is 0.590. The first-order chi connectivity index (χ1) is 7.72. The Kier molecular flexibility index (Phi) is 7.01. The van der Waals surface area contributed by atoms with Crippen LogP contribution in [0.4, 0.5) is 0 Å². The molecule has 0 unspecified atom stereocenters. The summed E-state index contributed by atoms with van der Waals surface area (Å²) in [7, 11) is 0. The molecule has 0 atom stereocenters. The summed E-state index contributed by atoms with van der Waals surface area (Å²) in [5.74, 6) is 2.42. The molecule has 0 saturated heterocycles. The van der Waals surface area contributed by atoms with Gasteiger partial charge < -0.3 is 5.32 Å². The first-order valence-corrected chi connectivity index (χ1v) is 8.04. The maximum Gasteiger partial charge on any atom is 0.0208 e. The van der Waals surface area contributed by atoms with Crippen LogP contribution in [-0.4, -0.2) is 23.8 Å². The van der Waals surface area contributed by atoms with E-state index in [0.717, 1.165) is 6.54 Å². The van der Waals surface area contributed by atoms with Crippen LogP contribution in [0.15, 0.2) is 29.2 Å². The van der Waals surface area contributed by atoms with Crippen LogP contribution >= 0.6 is 23.5 Å². The van der Waals surface area contributed by atoms with Gasteiger partial charge in [0.15, 0.2) is 0 Å². The Hall–Kier alpha value is -0.120. The predicted molar refractivity (Wildman–Crippen MR) is 77.5 cm³/mol. The number of benzene rings is 1. The van der Waals surface area contributed by atoms with Crippen molar-refractivity contribution in [2.45, 2.75) is 31.3 Å². The van der Waals surface area contributed by atoms with Crippen LogP contribution in [-0.2, 0) is 6.54 Å². The summed E-state index contributed by atoms with van der Waals surface area (Å²) in [6.07, 6.45) is 2.16. The molecule has 0 spiro atoms. The van der Waals surface area contributed by atoms with Gasteiger partial charge in [-0.1, -0.05) is 26.0 Å². The molecular formula is C13H21NS2. The standard InChI is InChI=1S/C13H21NS2/c1-11(2)14-10-12-5-4-6-13(9-12)16-8-7-15-3/h4-6,9,11,14H,7-8,10H2,1-3H3. The topological polar surface area (TPSA) is 12.0 Å². The monoisotopic (exact) mass is 255 g/mol. The summed E-state index contributed by atoms with van der Waals surface area (Å²) < 4.78 is 0. The van der Waals surface area contributed by atoms with Gasteiger partial charge in [0, 0.05) is 29.0 Å². The largest absolute Gasteiger partial charge is 0.310 e. The smallest absolute Gasteiger partial charge is 0.0208 e. The number of hydrogen-bond acceptors (Lipinski definition) is 3. The Morgan fingerprint density at radius 2 is 2.06 bits per heavy atom. The number of rotatable bonds is 7. The van der Waals surface area contributed by atoms with Crippen molar-refractivity contribution in [1.82, 2.24) is 5.32 Å². The molecule has 1 rings (SSSR count). The third kappa shape index (κ3) is 5.83. The minimum Gasteiger partial charge on any atom is -0.310 e. The van der Waals surface area contributed by atoms with E-state index in [0.29, 0.717) is 6.04 Å². The zero-order chi connectivity index (χ0) is 11.8. The number of nitrogens with one attached hydrogen (secondary N) is 1. The van der Waals surface area contributed by atoms with E-state index in [1.54, 1.807) is 0 Å². The maximum atomic E-state index is 3.44. The fourth-order valence-corrected chi connectivity index (χ4v) is 2.96. The van der Waals surface area contributed by atoms with E-state index in [9.17, 15) is 0 Å². The zero-order valence-corrected chi connectivity index (χ0v) is 12.0. The van der Waals surface area contributed by atoms with Crippen LogP contribution < -0.4 is 5.32 Å². The first kappa shape index (κ1) is 13.9. The van der Waals surface area contributed by atoms with E-state index in [1.807, 2.05) is 23.5 Å². The second-order valence-electron chi connectivity index (χ2n) is 4.02. The molecule has 16 heavy (non-hydrogen) atoms. The molecule has 0 fully saturated rings. The Morgan fingerprint density at radius 1 is 1.25 bits per heavy atom. The zero-order valence-electron chi connectivity index (χ0n) is 10.3. The highest BCUT2D eigenvalue weighted by molar-refractivity contribution is 8.02. The molecule has 0 amide bonds. The molecule has 90 valence electrons. The molecule has 1 aromatic rings. The number of hydrogen-bond donors (Lipinski definition) is 1. The highest BCUT2D eigenvalue weighted by atomic mass is 32.2. The van der Waals surface area contributed by atoms with Gasteiger partial charge in [-0.05, 0) is 24.0 Å². The van der Waals surface area contributed by atoms with Gasteiger partial charge in [-0.3, -0.25) is 0 Å². The average molecular weight is 255 g/mol. The summed E-state index contributed by atoms with van der Waals surface area (Å²) in [5.41, 5.74) is 1.38. The molecule has 0 radical (unpaired) electrons. The second kappa shape index (κ2) is 8.04. The van der Waals surface area contributed by atoms with Crippen molar-refractivity contribution in [3.63, 3.8) is 0 Å². The Morgan fingerprint density at radius 3 is 2.75 bits per heavy atom. The molecular weight excluding hydrogens is 234 g/mol. The summed E-state index contributed by atoms with van der Waals surface area (Å²) in [5, 5.41) is 3.44. The molecule has 0 aromatic heterocycles. The lowest BCUT2D eigenvalue weighted by molar-refractivity contribution is 0.588. The molecule has 0 heterocycles. The lowest BCUT2D eigenvalue weighted by atomic mass is 10.2. The van der Waals surface area contributed by atoms with Gasteiger partial charge in [0.25, 0.3) is 0 Å². The van der Waals surface area contributed by atoms with Gasteiger partial charge in [-0.2, -0.15) is 11.8 Å². The Labute approximate surface area is 108 Å². The van der Waals surface area contributed by atoms with Gasteiger partial charge in [0.05, 0.1) is 0 Å². The van der Waals surface area contributed by atoms with Crippen molar-refractivity contribution < 1.29 is 0 Å². The molecule has 0 saturated carbocycles. The molecule has 1 aromatic carbocycles. The van der Waals surface area contributed by atoms with Gasteiger partial charge in [-0.25, -0.2) is 0 Å². The van der Waals surface area contributed by atoms with Crippen molar-refractivity contribution in [2.24, 2.45) is 0 Å². The van der Waals surface area contributed by atoms with Gasteiger partial charge in [-0.15, -0.1) is 11.8 Å². The van der Waals surface area contributed by atoms with E-state index < -0.39 is 0 Å². The third-order valence-electron chi connectivity index (χ3n) is 2.17. The van der Waals surface area contributed by atoms with Crippen LogP contribution in [0, 0.1) is 0 Å². The molecule has 0 aliphatic carbocycles. The first-order valence-electron chi connectivity index (χ1n) is 5.66. The van der Waals surface area contributed by atoms with Crippen molar-refractivity contribution in [3.05, 3.63) is 29.8 Å². The van der Waals surface area contributed by atoms with E-state index >= 15 is 0 Å². The molecule has 3 heteroatoms. The fraction of sp³-hybridized carbons (Fsp3) is 0.538. The minimum absolute atomic E-state index is 0.549. The van der Waals surface area contributed by atoms with Crippen LogP contribution in [0.1, 0.15) is 19.4 Å². The van der Waals surface area contributed by atoms with Crippen LogP contribution in [0.3, 0.4) is 0 Å². The normalized spacial score (nSPS) is 11.0. The van der Waals surface area contributed by atoms with Crippen molar-refractivity contribution in [3.8, 4) is 0 Å². The maximum absolute atomic E-state index is 3.44. The van der Waals surface area contributed by atoms with E-state index in [-0.39, 0.29) is 0 Å². The summed E-state index contributed by atoms with van der Waals surface area (Å²) >= 11 is 3.85. The van der Waals surface area contributed by atoms with E-state index in [2.05, 4.69) is 49.7 Å². The van der Waals surface area contributed by atoms with Gasteiger partial charge >= 0.3 is 0 Å². The van der Waals surface area contributed by atoms with E-state index in [4.69, 9.17) is 0 Å². The third-order valence-corrected chi connectivity index (χ3v) is 4.04. The van der Waals surface area contributed by atoms with Crippen LogP contribution in [0.5, 0.6) is 0 Å². The van der Waals surface area contributed by atoms with Crippen molar-refractivity contribution >= 4 is 23.5 Å². The van der Waals surface area contributed by atoms with Crippen LogP contribution in [0.25, 0.3) is 0 Å². The second-order valence-corrected chi connectivity index (χ2v) is 6.18. The molecule has 1 nitrogen and oxygen atoms in total. The lowest BCUT2D eigenvalue weighted by Gasteiger charge is -2.09. The van der Waals surface area contributed by atoms with Crippen molar-refractivity contribution in [1.29, 1.82) is 0 Å². The summed E-state index contributed by atoms with van der Waals surface area (Å²) in [4.78, 5) is 1.39. The predicted octanol–water partition coefficient (Wildman–Crippen LogP) is 3.64. The minimum atomic E-state index is 0.549. The van der Waals surface area contributed by atoms with Gasteiger partial charge in [0.2, 0.25) is 0 Å². The van der Waals surface area contributed by atoms with Crippen LogP contribution in [0.2, 0.25) is 0 Å². The molecule has 0 aliphatic rings. The Balaban J connectivity index is 2.43. The van der Waals surface area contributed by atoms with Gasteiger partial charge in [0.1, 0.15) is 0 Å². The molecule has 1 N–H and O–H groups in total. The summed E-state index contributed by atoms with van der Waals surface area (Å²) in [6.45, 7) is 5.32. The number of thioether (sulfide) groups is 2.